The summed E-state index contributed by atoms with van der Waals surface area (Å²) in [5.74, 6) is 0. The van der Waals surface area contributed by atoms with Gasteiger partial charge in [-0.05, 0) is 42.8 Å². The summed E-state index contributed by atoms with van der Waals surface area (Å²) in [5, 5.41) is 1.00. The average molecular weight is 216 g/mol. The Labute approximate surface area is 93.5 Å². The van der Waals surface area contributed by atoms with Gasteiger partial charge in [0, 0.05) is 16.8 Å². The lowest BCUT2D eigenvalue weighted by Crippen LogP contribution is -1.87. The molecular weight excluding hydrogens is 204 g/mol. The molecular formula is C12H12N2S. The number of aromatic nitrogens is 1. The van der Waals surface area contributed by atoms with E-state index in [1.54, 1.807) is 18.0 Å². The van der Waals surface area contributed by atoms with Gasteiger partial charge < -0.3 is 5.73 Å². The predicted octanol–water partition coefficient (Wildman–Crippen LogP) is 3.12. The van der Waals surface area contributed by atoms with Gasteiger partial charge in [-0.1, -0.05) is 17.8 Å². The first kappa shape index (κ1) is 10.1. The first-order valence-corrected chi connectivity index (χ1v) is 5.52. The molecule has 2 nitrogen and oxygen atoms in total. The molecule has 2 aromatic rings. The molecule has 1 aromatic heterocycles. The van der Waals surface area contributed by atoms with Crippen LogP contribution >= 0.6 is 11.8 Å². The quantitative estimate of drug-likeness (QED) is 0.784. The summed E-state index contributed by atoms with van der Waals surface area (Å²) in [5.41, 5.74) is 7.69. The van der Waals surface area contributed by atoms with Crippen LogP contribution in [0.25, 0.3) is 0 Å². The zero-order chi connectivity index (χ0) is 10.7. The van der Waals surface area contributed by atoms with Crippen LogP contribution in [0.3, 0.4) is 0 Å². The van der Waals surface area contributed by atoms with Crippen LogP contribution in [0.4, 0.5) is 5.69 Å². The van der Waals surface area contributed by atoms with Crippen LogP contribution in [0.1, 0.15) is 5.56 Å². The van der Waals surface area contributed by atoms with Crippen molar-refractivity contribution in [1.29, 1.82) is 0 Å². The van der Waals surface area contributed by atoms with E-state index in [1.165, 1.54) is 10.5 Å². The van der Waals surface area contributed by atoms with E-state index >= 15 is 0 Å². The fourth-order valence-electron chi connectivity index (χ4n) is 1.31. The van der Waals surface area contributed by atoms with Crippen LogP contribution in [0, 0.1) is 6.92 Å². The molecule has 0 fully saturated rings. The molecule has 15 heavy (non-hydrogen) atoms. The van der Waals surface area contributed by atoms with Gasteiger partial charge in [-0.3, -0.25) is 0 Å². The van der Waals surface area contributed by atoms with Crippen molar-refractivity contribution in [3.05, 3.63) is 48.2 Å². The Morgan fingerprint density at radius 3 is 2.73 bits per heavy atom. The lowest BCUT2D eigenvalue weighted by Gasteiger charge is -2.05. The molecule has 0 unspecified atom stereocenters. The molecule has 0 saturated heterocycles. The van der Waals surface area contributed by atoms with Gasteiger partial charge in [0.05, 0.1) is 0 Å². The molecule has 0 atom stereocenters. The van der Waals surface area contributed by atoms with E-state index in [2.05, 4.69) is 11.9 Å². The van der Waals surface area contributed by atoms with Crippen molar-refractivity contribution in [2.45, 2.75) is 16.8 Å². The standard InChI is InChI=1S/C12H12N2S/c1-9-8-10(13)5-6-11(9)15-12-4-2-3-7-14-12/h2-8H,13H2,1H3. The summed E-state index contributed by atoms with van der Waals surface area (Å²) in [6.07, 6.45) is 1.80. The molecule has 76 valence electrons. The number of nitrogens with two attached hydrogens (primary N) is 1. The first-order valence-electron chi connectivity index (χ1n) is 4.71. The van der Waals surface area contributed by atoms with E-state index < -0.39 is 0 Å². The highest BCUT2D eigenvalue weighted by molar-refractivity contribution is 7.99. The summed E-state index contributed by atoms with van der Waals surface area (Å²) in [6.45, 7) is 2.06. The van der Waals surface area contributed by atoms with Crippen LogP contribution in [0.5, 0.6) is 0 Å². The number of nitrogens with zero attached hydrogens (tertiary/aromatic N) is 1. The zero-order valence-electron chi connectivity index (χ0n) is 8.47. The highest BCUT2D eigenvalue weighted by atomic mass is 32.2. The van der Waals surface area contributed by atoms with Gasteiger partial charge in [0.25, 0.3) is 0 Å². The summed E-state index contributed by atoms with van der Waals surface area (Å²) in [6, 6.07) is 11.8. The minimum atomic E-state index is 0.804. The molecule has 0 aliphatic rings. The molecule has 2 rings (SSSR count). The Morgan fingerprint density at radius 2 is 2.07 bits per heavy atom. The number of benzene rings is 1. The summed E-state index contributed by atoms with van der Waals surface area (Å²) < 4.78 is 0. The Bertz CT molecular complexity index is 454. The highest BCUT2D eigenvalue weighted by Crippen LogP contribution is 2.29. The molecule has 0 spiro atoms. The van der Waals surface area contributed by atoms with Crippen LogP contribution in [0.2, 0.25) is 0 Å². The third kappa shape index (κ3) is 2.50. The number of hydrogen-bond donors (Lipinski definition) is 1. The molecule has 0 saturated carbocycles. The molecule has 1 heterocycles. The molecule has 0 radical (unpaired) electrons. The third-order valence-corrected chi connectivity index (χ3v) is 3.18. The maximum Gasteiger partial charge on any atom is 0.101 e. The summed E-state index contributed by atoms with van der Waals surface area (Å²) >= 11 is 1.66. The Kier molecular flexibility index (Phi) is 2.92. The summed E-state index contributed by atoms with van der Waals surface area (Å²) in [4.78, 5) is 5.47. The normalized spacial score (nSPS) is 10.2. The van der Waals surface area contributed by atoms with E-state index in [1.807, 2.05) is 36.4 Å². The molecule has 0 amide bonds. The maximum absolute atomic E-state index is 5.70. The van der Waals surface area contributed by atoms with Crippen LogP contribution in [-0.4, -0.2) is 4.98 Å². The number of anilines is 1. The van der Waals surface area contributed by atoms with Crippen molar-refractivity contribution in [2.75, 3.05) is 5.73 Å². The molecule has 0 aliphatic heterocycles. The van der Waals surface area contributed by atoms with E-state index in [9.17, 15) is 0 Å². The zero-order valence-corrected chi connectivity index (χ0v) is 9.29. The lowest BCUT2D eigenvalue weighted by atomic mass is 10.2. The fourth-order valence-corrected chi connectivity index (χ4v) is 2.15. The smallest absolute Gasteiger partial charge is 0.101 e. The van der Waals surface area contributed by atoms with Gasteiger partial charge in [-0.15, -0.1) is 0 Å². The SMILES string of the molecule is Cc1cc(N)ccc1Sc1ccccn1. The van der Waals surface area contributed by atoms with E-state index in [-0.39, 0.29) is 0 Å². The van der Waals surface area contributed by atoms with Crippen molar-refractivity contribution in [3.63, 3.8) is 0 Å². The number of rotatable bonds is 2. The Balaban J connectivity index is 2.25. The minimum absolute atomic E-state index is 0.804. The van der Waals surface area contributed by atoms with Gasteiger partial charge in [0.2, 0.25) is 0 Å². The number of nitrogen functional groups attached to an aromatic ring is 1. The molecule has 0 bridgehead atoms. The van der Waals surface area contributed by atoms with E-state index in [4.69, 9.17) is 5.73 Å². The van der Waals surface area contributed by atoms with Crippen LogP contribution < -0.4 is 5.73 Å². The second-order valence-corrected chi connectivity index (χ2v) is 4.36. The minimum Gasteiger partial charge on any atom is -0.399 e. The highest BCUT2D eigenvalue weighted by Gasteiger charge is 2.01. The van der Waals surface area contributed by atoms with Crippen molar-refractivity contribution in [3.8, 4) is 0 Å². The molecule has 2 N–H and O–H groups in total. The van der Waals surface area contributed by atoms with Gasteiger partial charge in [-0.25, -0.2) is 4.98 Å². The molecule has 0 aliphatic carbocycles. The monoisotopic (exact) mass is 216 g/mol. The third-order valence-electron chi connectivity index (χ3n) is 2.05. The topological polar surface area (TPSA) is 38.9 Å². The second kappa shape index (κ2) is 4.36. The average Bonchev–Trinajstić information content (AvgIpc) is 2.24. The van der Waals surface area contributed by atoms with Crippen molar-refractivity contribution in [2.24, 2.45) is 0 Å². The number of hydrogen-bond acceptors (Lipinski definition) is 3. The van der Waals surface area contributed by atoms with Gasteiger partial charge in [-0.2, -0.15) is 0 Å². The second-order valence-electron chi connectivity index (χ2n) is 3.29. The van der Waals surface area contributed by atoms with Gasteiger partial charge in [0.1, 0.15) is 5.03 Å². The Hall–Kier alpha value is -1.48. The molecule has 1 aromatic carbocycles. The predicted molar refractivity (Wildman–Crippen MR) is 64.0 cm³/mol. The summed E-state index contributed by atoms with van der Waals surface area (Å²) in [7, 11) is 0. The lowest BCUT2D eigenvalue weighted by molar-refractivity contribution is 1.13. The van der Waals surface area contributed by atoms with Gasteiger partial charge >= 0.3 is 0 Å². The van der Waals surface area contributed by atoms with Crippen LogP contribution in [0.15, 0.2) is 52.5 Å². The maximum atomic E-state index is 5.70. The Morgan fingerprint density at radius 1 is 1.20 bits per heavy atom. The van der Waals surface area contributed by atoms with Crippen molar-refractivity contribution in [1.82, 2.24) is 4.98 Å². The number of aryl methyl sites for hydroxylation is 1. The molecule has 3 heteroatoms. The van der Waals surface area contributed by atoms with Crippen molar-refractivity contribution < 1.29 is 0 Å². The van der Waals surface area contributed by atoms with Crippen LogP contribution in [-0.2, 0) is 0 Å². The largest absolute Gasteiger partial charge is 0.399 e. The number of pyridine rings is 1. The first-order chi connectivity index (χ1) is 7.25. The van der Waals surface area contributed by atoms with Gasteiger partial charge in [0.15, 0.2) is 0 Å². The van der Waals surface area contributed by atoms with Crippen molar-refractivity contribution >= 4 is 17.4 Å². The van der Waals surface area contributed by atoms with E-state index in [0.29, 0.717) is 0 Å². The van der Waals surface area contributed by atoms with E-state index in [0.717, 1.165) is 10.7 Å². The fraction of sp³-hybridized carbons (Fsp3) is 0.0833.